The van der Waals surface area contributed by atoms with Gasteiger partial charge in [0.15, 0.2) is 5.82 Å². The second kappa shape index (κ2) is 9.80. The van der Waals surface area contributed by atoms with E-state index < -0.39 is 6.43 Å². The van der Waals surface area contributed by atoms with Crippen LogP contribution in [0.5, 0.6) is 0 Å². The molecule has 2 atom stereocenters. The average molecular weight is 544 g/mol. The Morgan fingerprint density at radius 2 is 1.95 bits per heavy atom. The number of halogens is 2. The molecule has 6 heterocycles. The van der Waals surface area contributed by atoms with Crippen LogP contribution in [-0.4, -0.2) is 71.3 Å². The van der Waals surface area contributed by atoms with Crippen molar-refractivity contribution in [3.05, 3.63) is 44.1 Å². The molecular formula is C28H35F2N5O2S. The third kappa shape index (κ3) is 4.33. The van der Waals surface area contributed by atoms with Gasteiger partial charge in [-0.05, 0) is 57.1 Å². The van der Waals surface area contributed by atoms with E-state index in [4.69, 9.17) is 14.6 Å². The Labute approximate surface area is 226 Å². The first-order valence-electron chi connectivity index (χ1n) is 13.9. The number of aromatic nitrogens is 3. The van der Waals surface area contributed by atoms with Crippen LogP contribution in [0.15, 0.2) is 17.2 Å². The molecule has 10 heteroatoms. The van der Waals surface area contributed by atoms with Crippen LogP contribution < -0.4 is 4.90 Å². The van der Waals surface area contributed by atoms with E-state index in [1.54, 1.807) is 0 Å². The zero-order valence-corrected chi connectivity index (χ0v) is 22.9. The van der Waals surface area contributed by atoms with Gasteiger partial charge in [-0.25, -0.2) is 13.8 Å². The number of aryl methyl sites for hydroxylation is 2. The number of hydrogen-bond donors (Lipinski definition) is 0. The molecule has 0 radical (unpaired) electrons. The Morgan fingerprint density at radius 3 is 2.66 bits per heavy atom. The van der Waals surface area contributed by atoms with Crippen molar-refractivity contribution in [3.8, 4) is 0 Å². The number of ether oxygens (including phenoxy) is 2. The number of rotatable bonds is 5. The largest absolute Gasteiger partial charge is 0.381 e. The van der Waals surface area contributed by atoms with Crippen molar-refractivity contribution in [1.82, 2.24) is 19.7 Å². The van der Waals surface area contributed by atoms with Crippen LogP contribution in [-0.2, 0) is 22.4 Å². The van der Waals surface area contributed by atoms with Gasteiger partial charge in [-0.1, -0.05) is 6.08 Å². The van der Waals surface area contributed by atoms with Crippen molar-refractivity contribution in [1.29, 1.82) is 0 Å². The standard InChI is InChI=1S/C28H35F2N5O2S/c1-16-26(38-17(2)31-16)20-12-18-4-3-8-34(24(18)13-21(20)27(29)30)28-22-14-33(25-15-37-25)9-5-23(22)35(32-28)19-6-10-36-11-7-19/h12,19,24-25,27H,3-11,13-15H2,1-2H3. The summed E-state index contributed by atoms with van der Waals surface area (Å²) in [7, 11) is 0. The molecule has 2 unspecified atom stereocenters. The monoisotopic (exact) mass is 543 g/mol. The van der Waals surface area contributed by atoms with Crippen LogP contribution >= 0.6 is 11.3 Å². The highest BCUT2D eigenvalue weighted by Gasteiger charge is 2.41. The molecule has 3 fully saturated rings. The Morgan fingerprint density at radius 1 is 1.13 bits per heavy atom. The summed E-state index contributed by atoms with van der Waals surface area (Å²) in [6.45, 7) is 8.80. The Hall–Kier alpha value is -2.14. The molecule has 0 N–H and O–H groups in total. The molecule has 7 rings (SSSR count). The van der Waals surface area contributed by atoms with Gasteiger partial charge in [0.05, 0.1) is 34.3 Å². The highest BCUT2D eigenvalue weighted by molar-refractivity contribution is 7.12. The zero-order chi connectivity index (χ0) is 26.0. The van der Waals surface area contributed by atoms with Crippen LogP contribution in [0, 0.1) is 13.8 Å². The number of piperidine rings is 1. The van der Waals surface area contributed by atoms with Gasteiger partial charge in [0.25, 0.3) is 6.43 Å². The summed E-state index contributed by atoms with van der Waals surface area (Å²) in [6, 6.07) is 0.252. The third-order valence-electron chi connectivity index (χ3n) is 8.80. The van der Waals surface area contributed by atoms with E-state index in [1.165, 1.54) is 28.2 Å². The van der Waals surface area contributed by atoms with Crippen molar-refractivity contribution in [2.45, 2.75) is 83.7 Å². The Kier molecular flexibility index (Phi) is 6.41. The van der Waals surface area contributed by atoms with E-state index >= 15 is 0 Å². The molecule has 204 valence electrons. The molecule has 3 saturated heterocycles. The molecule has 7 nitrogen and oxygen atoms in total. The number of alkyl halides is 2. The molecule has 2 aromatic heterocycles. The fourth-order valence-corrected chi connectivity index (χ4v) is 7.82. The summed E-state index contributed by atoms with van der Waals surface area (Å²) in [6.07, 6.45) is 4.91. The van der Waals surface area contributed by atoms with E-state index in [0.29, 0.717) is 18.0 Å². The number of allylic oxidation sites excluding steroid dienone is 2. The van der Waals surface area contributed by atoms with E-state index in [1.807, 2.05) is 13.8 Å². The van der Waals surface area contributed by atoms with E-state index in [0.717, 1.165) is 93.0 Å². The van der Waals surface area contributed by atoms with Crippen molar-refractivity contribution in [3.63, 3.8) is 0 Å². The molecule has 0 saturated carbocycles. The van der Waals surface area contributed by atoms with E-state index in [-0.39, 0.29) is 17.8 Å². The van der Waals surface area contributed by atoms with Crippen molar-refractivity contribution in [2.75, 3.05) is 37.8 Å². The molecule has 4 aliphatic heterocycles. The summed E-state index contributed by atoms with van der Waals surface area (Å²) >= 11 is 1.52. The first-order chi connectivity index (χ1) is 18.5. The Bertz CT molecular complexity index is 1290. The first-order valence-corrected chi connectivity index (χ1v) is 14.8. The van der Waals surface area contributed by atoms with Crippen LogP contribution in [0.4, 0.5) is 14.6 Å². The summed E-state index contributed by atoms with van der Waals surface area (Å²) < 4.78 is 42.7. The number of thiazole rings is 1. The predicted molar refractivity (Wildman–Crippen MR) is 143 cm³/mol. The smallest absolute Gasteiger partial charge is 0.260 e. The molecule has 0 spiro atoms. The van der Waals surface area contributed by atoms with Crippen LogP contribution in [0.25, 0.3) is 5.57 Å². The summed E-state index contributed by atoms with van der Waals surface area (Å²) in [4.78, 5) is 10.2. The molecule has 5 aliphatic rings. The Balaban J connectivity index is 1.28. The molecule has 0 amide bonds. The fourth-order valence-electron chi connectivity index (χ4n) is 6.85. The summed E-state index contributed by atoms with van der Waals surface area (Å²) in [5.41, 5.74) is 5.61. The van der Waals surface area contributed by atoms with Crippen LogP contribution in [0.3, 0.4) is 0 Å². The number of epoxide rings is 1. The minimum absolute atomic E-state index is 0.0829. The zero-order valence-electron chi connectivity index (χ0n) is 22.1. The fraction of sp³-hybridized carbons (Fsp3) is 0.643. The van der Waals surface area contributed by atoms with Gasteiger partial charge >= 0.3 is 0 Å². The highest BCUT2D eigenvalue weighted by atomic mass is 32.1. The lowest BCUT2D eigenvalue weighted by atomic mass is 9.82. The predicted octanol–water partition coefficient (Wildman–Crippen LogP) is 5.04. The maximum atomic E-state index is 14.6. The van der Waals surface area contributed by atoms with E-state index in [2.05, 4.69) is 25.5 Å². The molecule has 0 bridgehead atoms. The molecule has 38 heavy (non-hydrogen) atoms. The normalized spacial score (nSPS) is 26.6. The molecule has 2 aromatic rings. The maximum absolute atomic E-state index is 14.6. The maximum Gasteiger partial charge on any atom is 0.260 e. The molecular weight excluding hydrogens is 508 g/mol. The van der Waals surface area contributed by atoms with Gasteiger partial charge < -0.3 is 14.4 Å². The van der Waals surface area contributed by atoms with Crippen LogP contribution in [0.2, 0.25) is 0 Å². The quantitative estimate of drug-likeness (QED) is 0.493. The van der Waals surface area contributed by atoms with Gasteiger partial charge in [0.2, 0.25) is 0 Å². The van der Waals surface area contributed by atoms with E-state index in [9.17, 15) is 8.78 Å². The van der Waals surface area contributed by atoms with Crippen molar-refractivity contribution < 1.29 is 18.3 Å². The van der Waals surface area contributed by atoms with Crippen molar-refractivity contribution >= 4 is 22.7 Å². The topological polar surface area (TPSA) is 59.0 Å². The minimum Gasteiger partial charge on any atom is -0.381 e. The van der Waals surface area contributed by atoms with Gasteiger partial charge in [-0.15, -0.1) is 11.3 Å². The van der Waals surface area contributed by atoms with Gasteiger partial charge in [-0.2, -0.15) is 5.10 Å². The first kappa shape index (κ1) is 24.9. The van der Waals surface area contributed by atoms with Gasteiger partial charge in [0.1, 0.15) is 6.23 Å². The van der Waals surface area contributed by atoms with Crippen LogP contribution in [0.1, 0.15) is 65.0 Å². The average Bonchev–Trinajstić information content (AvgIpc) is 3.63. The SMILES string of the molecule is Cc1nc(C)c(C2=C(C(F)F)CC3C(=C2)CCCN3c2nn(C3CCOCC3)c3c2CN(C2CO2)CC3)s1. The second-order valence-corrected chi connectivity index (χ2v) is 12.4. The highest BCUT2D eigenvalue weighted by Crippen LogP contribution is 2.45. The molecule has 1 aliphatic carbocycles. The molecule has 0 aromatic carbocycles. The van der Waals surface area contributed by atoms with Crippen molar-refractivity contribution in [2.24, 2.45) is 0 Å². The van der Waals surface area contributed by atoms with Gasteiger partial charge in [0, 0.05) is 56.1 Å². The second-order valence-electron chi connectivity index (χ2n) is 11.2. The number of fused-ring (bicyclic) bond motifs is 2. The summed E-state index contributed by atoms with van der Waals surface area (Å²) in [5.74, 6) is 0.995. The lowest BCUT2D eigenvalue weighted by Gasteiger charge is -2.41. The minimum atomic E-state index is -2.50. The number of anilines is 1. The number of hydrogen-bond acceptors (Lipinski definition) is 7. The summed E-state index contributed by atoms with van der Waals surface area (Å²) in [5, 5.41) is 6.21. The third-order valence-corrected chi connectivity index (χ3v) is 9.90. The van der Waals surface area contributed by atoms with Gasteiger partial charge in [-0.3, -0.25) is 9.58 Å². The lowest BCUT2D eigenvalue weighted by Crippen LogP contribution is -2.44. The lowest BCUT2D eigenvalue weighted by molar-refractivity contribution is 0.0647. The number of nitrogens with zero attached hydrogens (tertiary/aromatic N) is 5.